The Morgan fingerprint density at radius 1 is 0.315 bits per heavy atom. The van der Waals surface area contributed by atoms with Crippen molar-refractivity contribution < 1.29 is 0 Å². The maximum absolute atomic E-state index is 2.47. The zero-order chi connectivity index (χ0) is 35.6. The van der Waals surface area contributed by atoms with Gasteiger partial charge < -0.3 is 4.90 Å². The fraction of sp³-hybridized carbons (Fsp3) is 0.0189. The van der Waals surface area contributed by atoms with Crippen molar-refractivity contribution >= 4 is 60.2 Å². The zero-order valence-electron chi connectivity index (χ0n) is 29.7. The molecule has 0 amide bonds. The summed E-state index contributed by atoms with van der Waals surface area (Å²) in [5, 5.41) is 10.1. The summed E-state index contributed by atoms with van der Waals surface area (Å²) >= 11 is 0. The summed E-state index contributed by atoms with van der Waals surface area (Å²) in [5.41, 5.74) is 10.6. The van der Waals surface area contributed by atoms with Crippen molar-refractivity contribution in [2.24, 2.45) is 0 Å². The van der Waals surface area contributed by atoms with Crippen molar-refractivity contribution in [3.63, 3.8) is 0 Å². The van der Waals surface area contributed by atoms with Gasteiger partial charge in [-0.15, -0.1) is 0 Å². The summed E-state index contributed by atoms with van der Waals surface area (Å²) in [4.78, 5) is 2.47. The highest BCUT2D eigenvalue weighted by molar-refractivity contribution is 6.29. The number of benzene rings is 10. The Morgan fingerprint density at radius 2 is 0.852 bits per heavy atom. The van der Waals surface area contributed by atoms with Crippen LogP contribution in [0.4, 0.5) is 17.1 Å². The lowest BCUT2D eigenvalue weighted by Crippen LogP contribution is -2.28. The van der Waals surface area contributed by atoms with Crippen molar-refractivity contribution in [2.45, 2.75) is 5.41 Å². The van der Waals surface area contributed by atoms with Crippen LogP contribution in [0, 0.1) is 0 Å². The van der Waals surface area contributed by atoms with Crippen molar-refractivity contribution in [1.29, 1.82) is 0 Å². The fourth-order valence-corrected chi connectivity index (χ4v) is 9.43. The predicted octanol–water partition coefficient (Wildman–Crippen LogP) is 14.1. The molecule has 0 heterocycles. The van der Waals surface area contributed by atoms with Gasteiger partial charge in [0.2, 0.25) is 0 Å². The first-order valence-electron chi connectivity index (χ1n) is 18.8. The van der Waals surface area contributed by atoms with E-state index in [4.69, 9.17) is 0 Å². The third-order valence-electron chi connectivity index (χ3n) is 11.7. The first-order valence-corrected chi connectivity index (χ1v) is 18.8. The lowest BCUT2D eigenvalue weighted by Gasteiger charge is -2.35. The van der Waals surface area contributed by atoms with Crippen LogP contribution in [0.25, 0.3) is 54.2 Å². The van der Waals surface area contributed by atoms with Crippen molar-refractivity contribution in [2.75, 3.05) is 4.90 Å². The highest BCUT2D eigenvalue weighted by Gasteiger charge is 2.46. The van der Waals surface area contributed by atoms with E-state index < -0.39 is 5.41 Å². The molecule has 0 N–H and O–H groups in total. The first kappa shape index (κ1) is 30.6. The summed E-state index contributed by atoms with van der Waals surface area (Å²) in [6.07, 6.45) is 0. The van der Waals surface area contributed by atoms with E-state index in [1.807, 2.05) is 0 Å². The monoisotopic (exact) mass is 685 g/mol. The van der Waals surface area contributed by atoms with Crippen LogP contribution in [-0.4, -0.2) is 0 Å². The van der Waals surface area contributed by atoms with Crippen molar-refractivity contribution in [1.82, 2.24) is 0 Å². The Morgan fingerprint density at radius 3 is 1.59 bits per heavy atom. The van der Waals surface area contributed by atoms with Crippen LogP contribution < -0.4 is 4.90 Å². The minimum atomic E-state index is -0.488. The van der Waals surface area contributed by atoms with Gasteiger partial charge in [-0.05, 0) is 101 Å². The van der Waals surface area contributed by atoms with Gasteiger partial charge in [-0.25, -0.2) is 0 Å². The highest BCUT2D eigenvalue weighted by Crippen LogP contribution is 2.57. The first-order chi connectivity index (χ1) is 26.8. The largest absolute Gasteiger partial charge is 0.310 e. The van der Waals surface area contributed by atoms with E-state index in [0.717, 1.165) is 17.1 Å². The molecule has 0 saturated heterocycles. The van der Waals surface area contributed by atoms with Gasteiger partial charge in [0, 0.05) is 16.8 Å². The van der Waals surface area contributed by atoms with E-state index in [1.54, 1.807) is 0 Å². The smallest absolute Gasteiger partial charge is 0.0714 e. The third-order valence-corrected chi connectivity index (χ3v) is 11.7. The summed E-state index contributed by atoms with van der Waals surface area (Å²) in [5.74, 6) is 0. The van der Waals surface area contributed by atoms with Crippen LogP contribution in [-0.2, 0) is 5.41 Å². The molecule has 0 unspecified atom stereocenters. The van der Waals surface area contributed by atoms with Gasteiger partial charge in [-0.3, -0.25) is 0 Å². The minimum Gasteiger partial charge on any atom is -0.310 e. The van der Waals surface area contributed by atoms with Gasteiger partial charge in [0.15, 0.2) is 0 Å². The summed E-state index contributed by atoms with van der Waals surface area (Å²) in [7, 11) is 0. The summed E-state index contributed by atoms with van der Waals surface area (Å²) in [6, 6.07) is 78.4. The second-order valence-electron chi connectivity index (χ2n) is 14.4. The molecule has 0 fully saturated rings. The fourth-order valence-electron chi connectivity index (χ4n) is 9.43. The molecule has 0 aliphatic heterocycles. The highest BCUT2D eigenvalue weighted by atomic mass is 15.1. The minimum absolute atomic E-state index is 0.488. The quantitative estimate of drug-likeness (QED) is 0.163. The van der Waals surface area contributed by atoms with Gasteiger partial charge in [-0.2, -0.15) is 0 Å². The van der Waals surface area contributed by atoms with Crippen LogP contribution in [0.3, 0.4) is 0 Å². The van der Waals surface area contributed by atoms with Crippen LogP contribution in [0.1, 0.15) is 22.3 Å². The summed E-state index contributed by atoms with van der Waals surface area (Å²) < 4.78 is 0. The molecule has 0 saturated carbocycles. The standard InChI is InChI=1S/C53H35N/c1-4-17-39(18-5-1)53(40-19-6-2-7-20-40)48-27-15-14-24-44(48)45-33-32-42(35-49(45)53)54(41-21-8-3-9-22-41)50-34-38-31-30-37-29-28-36-16-10-11-23-43(36)51(37)52(38)47-26-13-12-25-46(47)50/h1-35H. The third kappa shape index (κ3) is 4.39. The number of anilines is 3. The normalized spacial score (nSPS) is 13.0. The molecule has 54 heavy (non-hydrogen) atoms. The molecule has 1 aliphatic rings. The van der Waals surface area contributed by atoms with Crippen molar-refractivity contribution in [3.8, 4) is 11.1 Å². The average molecular weight is 686 g/mol. The number of hydrogen-bond donors (Lipinski definition) is 0. The summed E-state index contributed by atoms with van der Waals surface area (Å²) in [6.45, 7) is 0. The van der Waals surface area contributed by atoms with Gasteiger partial charge in [0.05, 0.1) is 11.1 Å². The van der Waals surface area contributed by atoms with Gasteiger partial charge in [-0.1, -0.05) is 182 Å². The van der Waals surface area contributed by atoms with E-state index >= 15 is 0 Å². The molecule has 0 radical (unpaired) electrons. The van der Waals surface area contributed by atoms with E-state index in [1.165, 1.54) is 76.5 Å². The number of nitrogens with zero attached hydrogens (tertiary/aromatic N) is 1. The predicted molar refractivity (Wildman–Crippen MR) is 228 cm³/mol. The molecule has 0 atom stereocenters. The molecule has 252 valence electrons. The van der Waals surface area contributed by atoms with E-state index in [0.29, 0.717) is 0 Å². The number of fused-ring (bicyclic) bond motifs is 10. The second kappa shape index (κ2) is 12.0. The molecule has 0 spiro atoms. The molecule has 1 aliphatic carbocycles. The Balaban J connectivity index is 1.23. The Kier molecular flexibility index (Phi) is 6.84. The van der Waals surface area contributed by atoms with Crippen LogP contribution in [0.15, 0.2) is 212 Å². The molecule has 11 rings (SSSR count). The van der Waals surface area contributed by atoms with E-state index in [9.17, 15) is 0 Å². The Hall–Kier alpha value is -6.96. The van der Waals surface area contributed by atoms with Crippen molar-refractivity contribution in [3.05, 3.63) is 235 Å². The second-order valence-corrected chi connectivity index (χ2v) is 14.4. The molecule has 0 bridgehead atoms. The molecular formula is C53H35N. The van der Waals surface area contributed by atoms with Crippen LogP contribution in [0.5, 0.6) is 0 Å². The van der Waals surface area contributed by atoms with E-state index in [-0.39, 0.29) is 0 Å². The average Bonchev–Trinajstić information content (AvgIpc) is 3.55. The molecule has 1 nitrogen and oxygen atoms in total. The van der Waals surface area contributed by atoms with Crippen LogP contribution in [0.2, 0.25) is 0 Å². The lowest BCUT2D eigenvalue weighted by molar-refractivity contribution is 0.768. The molecule has 1 heteroatoms. The van der Waals surface area contributed by atoms with Gasteiger partial charge in [0.1, 0.15) is 0 Å². The Bertz CT molecular complexity index is 3000. The lowest BCUT2D eigenvalue weighted by atomic mass is 9.67. The molecule has 0 aromatic heterocycles. The number of rotatable bonds is 5. The molecule has 10 aromatic rings. The Labute approximate surface area is 315 Å². The van der Waals surface area contributed by atoms with Gasteiger partial charge in [0.25, 0.3) is 0 Å². The zero-order valence-corrected chi connectivity index (χ0v) is 29.7. The molecular weight excluding hydrogens is 651 g/mol. The van der Waals surface area contributed by atoms with Gasteiger partial charge >= 0.3 is 0 Å². The molecule has 10 aromatic carbocycles. The maximum atomic E-state index is 2.47. The maximum Gasteiger partial charge on any atom is 0.0714 e. The number of hydrogen-bond acceptors (Lipinski definition) is 1. The number of para-hydroxylation sites is 1. The van der Waals surface area contributed by atoms with Crippen LogP contribution >= 0.6 is 0 Å². The topological polar surface area (TPSA) is 3.24 Å². The van der Waals surface area contributed by atoms with E-state index in [2.05, 4.69) is 217 Å². The SMILES string of the molecule is c1ccc(N(c2ccc3c(c2)C(c2ccccc2)(c2ccccc2)c2ccccc2-3)c2cc3ccc4ccc5ccccc5c4c3c3ccccc23)cc1.